The fraction of sp³-hybridized carbons (Fsp3) is 0.500. The van der Waals surface area contributed by atoms with Gasteiger partial charge in [0.1, 0.15) is 0 Å². The summed E-state index contributed by atoms with van der Waals surface area (Å²) in [4.78, 5) is 0. The van der Waals surface area contributed by atoms with Crippen molar-refractivity contribution in [1.29, 1.82) is 0 Å². The number of hydrogen-bond donors (Lipinski definition) is 1. The third-order valence-electron chi connectivity index (χ3n) is 2.21. The molecule has 2 rings (SSSR count). The van der Waals surface area contributed by atoms with Crippen molar-refractivity contribution in [3.8, 4) is 0 Å². The van der Waals surface area contributed by atoms with E-state index in [-0.39, 0.29) is 0 Å². The number of aromatic nitrogens is 6. The van der Waals surface area contributed by atoms with E-state index in [1.165, 1.54) is 0 Å². The third-order valence-corrected chi connectivity index (χ3v) is 2.21. The summed E-state index contributed by atoms with van der Waals surface area (Å²) in [5.74, 6) is 0.320. The smallest absolute Gasteiger partial charge is 0.240 e. The van der Waals surface area contributed by atoms with Crippen LogP contribution in [0.25, 0.3) is 0 Å². The minimum atomic E-state index is 0.320. The van der Waals surface area contributed by atoms with Crippen LogP contribution in [0.3, 0.4) is 0 Å². The van der Waals surface area contributed by atoms with Crippen LogP contribution in [-0.4, -0.2) is 30.0 Å². The summed E-state index contributed by atoms with van der Waals surface area (Å²) in [5.41, 5.74) is 7.73. The van der Waals surface area contributed by atoms with Crippen molar-refractivity contribution < 1.29 is 0 Å². The fourth-order valence-corrected chi connectivity index (χ4v) is 1.50. The molecule has 0 aromatic carbocycles. The van der Waals surface area contributed by atoms with Crippen molar-refractivity contribution in [2.75, 3.05) is 5.73 Å². The van der Waals surface area contributed by atoms with Gasteiger partial charge in [-0.2, -0.15) is 5.10 Å². The summed E-state index contributed by atoms with van der Waals surface area (Å²) in [6, 6.07) is 0. The van der Waals surface area contributed by atoms with Gasteiger partial charge in [0.25, 0.3) is 0 Å². The van der Waals surface area contributed by atoms with Gasteiger partial charge in [-0.15, -0.1) is 0 Å². The highest BCUT2D eigenvalue weighted by Crippen LogP contribution is 2.09. The Bertz CT molecular complexity index is 455. The van der Waals surface area contributed by atoms with Crippen LogP contribution in [0.5, 0.6) is 0 Å². The van der Waals surface area contributed by atoms with Crippen molar-refractivity contribution in [2.45, 2.75) is 19.9 Å². The first-order chi connectivity index (χ1) is 7.20. The van der Waals surface area contributed by atoms with E-state index in [9.17, 15) is 0 Å². The average molecular weight is 207 g/mol. The molecular weight excluding hydrogens is 194 g/mol. The van der Waals surface area contributed by atoms with Crippen molar-refractivity contribution >= 4 is 5.95 Å². The van der Waals surface area contributed by atoms with Gasteiger partial charge in [-0.1, -0.05) is 12.0 Å². The molecule has 15 heavy (non-hydrogen) atoms. The number of nitrogen functional groups attached to an aromatic ring is 1. The highest BCUT2D eigenvalue weighted by Gasteiger charge is 2.09. The Hall–Kier alpha value is -1.92. The van der Waals surface area contributed by atoms with Crippen LogP contribution < -0.4 is 5.73 Å². The van der Waals surface area contributed by atoms with E-state index >= 15 is 0 Å². The second-order valence-electron chi connectivity index (χ2n) is 3.32. The maximum Gasteiger partial charge on any atom is 0.240 e. The number of nitrogens with zero attached hydrogens (tertiary/aromatic N) is 6. The van der Waals surface area contributed by atoms with Gasteiger partial charge in [-0.05, 0) is 16.8 Å². The third kappa shape index (κ3) is 1.80. The fourth-order valence-electron chi connectivity index (χ4n) is 1.50. The minimum absolute atomic E-state index is 0.320. The zero-order valence-corrected chi connectivity index (χ0v) is 8.75. The molecule has 0 amide bonds. The molecule has 0 fully saturated rings. The summed E-state index contributed by atoms with van der Waals surface area (Å²) in [5, 5.41) is 15.2. The summed E-state index contributed by atoms with van der Waals surface area (Å²) in [7, 11) is 1.89. The minimum Gasteiger partial charge on any atom is -0.367 e. The first-order valence-electron chi connectivity index (χ1n) is 4.73. The van der Waals surface area contributed by atoms with Gasteiger partial charge in [-0.3, -0.25) is 4.68 Å². The van der Waals surface area contributed by atoms with Crippen molar-refractivity contribution in [2.24, 2.45) is 7.05 Å². The molecule has 0 saturated heterocycles. The number of hydrogen-bond acceptors (Lipinski definition) is 5. The second-order valence-corrected chi connectivity index (χ2v) is 3.32. The number of anilines is 1. The second kappa shape index (κ2) is 3.68. The van der Waals surface area contributed by atoms with Crippen LogP contribution >= 0.6 is 0 Å². The lowest BCUT2D eigenvalue weighted by Crippen LogP contribution is -2.07. The van der Waals surface area contributed by atoms with Crippen molar-refractivity contribution in [3.05, 3.63) is 17.5 Å². The molecule has 0 radical (unpaired) electrons. The predicted molar refractivity (Wildman–Crippen MR) is 53.9 cm³/mol. The van der Waals surface area contributed by atoms with E-state index < -0.39 is 0 Å². The molecule has 0 spiro atoms. The molecule has 2 N–H and O–H groups in total. The van der Waals surface area contributed by atoms with Crippen LogP contribution in [0.4, 0.5) is 5.95 Å². The molecule has 0 bridgehead atoms. The van der Waals surface area contributed by atoms with Crippen LogP contribution in [0.15, 0.2) is 6.20 Å². The topological polar surface area (TPSA) is 87.4 Å². The van der Waals surface area contributed by atoms with Crippen molar-refractivity contribution in [3.63, 3.8) is 0 Å². The molecule has 0 aliphatic rings. The summed E-state index contributed by atoms with van der Waals surface area (Å²) < 4.78 is 3.34. The van der Waals surface area contributed by atoms with E-state index in [4.69, 9.17) is 5.73 Å². The molecule has 0 atom stereocenters. The first-order valence-corrected chi connectivity index (χ1v) is 4.73. The lowest BCUT2D eigenvalue weighted by Gasteiger charge is -2.00. The zero-order valence-electron chi connectivity index (χ0n) is 8.75. The van der Waals surface area contributed by atoms with Crippen LogP contribution in [-0.2, 0) is 20.0 Å². The summed E-state index contributed by atoms with van der Waals surface area (Å²) in [6.45, 7) is 2.63. The Morgan fingerprint density at radius 3 is 2.87 bits per heavy atom. The SMILES string of the molecule is CCc1nn(C)cc1Cn1nnnc1N. The average Bonchev–Trinajstić information content (AvgIpc) is 2.75. The van der Waals surface area contributed by atoms with E-state index in [2.05, 4.69) is 27.5 Å². The Kier molecular flexibility index (Phi) is 2.36. The van der Waals surface area contributed by atoms with Crippen LogP contribution in [0.2, 0.25) is 0 Å². The number of rotatable bonds is 3. The standard InChI is InChI=1S/C8H13N7/c1-3-7-6(4-14(2)11-7)5-15-8(9)10-12-13-15/h4H,3,5H2,1-2H3,(H2,9,10,13). The normalized spacial score (nSPS) is 10.8. The van der Waals surface area contributed by atoms with Gasteiger partial charge in [0, 0.05) is 18.8 Å². The Morgan fingerprint density at radius 1 is 1.47 bits per heavy atom. The molecule has 7 heteroatoms. The van der Waals surface area contributed by atoms with Gasteiger partial charge >= 0.3 is 0 Å². The highest BCUT2D eigenvalue weighted by molar-refractivity contribution is 5.20. The molecule has 2 aromatic rings. The maximum atomic E-state index is 5.59. The molecule has 7 nitrogen and oxygen atoms in total. The maximum absolute atomic E-state index is 5.59. The summed E-state index contributed by atoms with van der Waals surface area (Å²) in [6.07, 6.45) is 2.85. The molecule has 0 unspecified atom stereocenters. The van der Waals surface area contributed by atoms with Crippen LogP contribution in [0, 0.1) is 0 Å². The van der Waals surface area contributed by atoms with E-state index in [0.29, 0.717) is 12.5 Å². The zero-order chi connectivity index (χ0) is 10.8. The lowest BCUT2D eigenvalue weighted by atomic mass is 10.2. The van der Waals surface area contributed by atoms with Gasteiger partial charge in [0.2, 0.25) is 5.95 Å². The molecular formula is C8H13N7. The van der Waals surface area contributed by atoms with Crippen LogP contribution in [0.1, 0.15) is 18.2 Å². The predicted octanol–water partition coefficient (Wildman–Crippen LogP) is -0.401. The van der Waals surface area contributed by atoms with Gasteiger partial charge in [-0.25, -0.2) is 4.68 Å². The van der Waals surface area contributed by atoms with Gasteiger partial charge in [0.15, 0.2) is 0 Å². The number of aryl methyl sites for hydroxylation is 2. The molecule has 0 aliphatic carbocycles. The Balaban J connectivity index is 2.27. The highest BCUT2D eigenvalue weighted by atomic mass is 15.6. The number of nitrogens with two attached hydrogens (primary N) is 1. The molecule has 0 saturated carbocycles. The van der Waals surface area contributed by atoms with Crippen molar-refractivity contribution in [1.82, 2.24) is 30.0 Å². The Labute approximate surface area is 86.9 Å². The molecule has 2 heterocycles. The lowest BCUT2D eigenvalue weighted by molar-refractivity contribution is 0.651. The summed E-state index contributed by atoms with van der Waals surface area (Å²) >= 11 is 0. The van der Waals surface area contributed by atoms with E-state index in [0.717, 1.165) is 17.7 Å². The molecule has 0 aliphatic heterocycles. The Morgan fingerprint density at radius 2 is 2.27 bits per heavy atom. The molecule has 80 valence electrons. The first kappa shape index (κ1) is 9.63. The van der Waals surface area contributed by atoms with Gasteiger partial charge in [0.05, 0.1) is 12.2 Å². The van der Waals surface area contributed by atoms with E-state index in [1.807, 2.05) is 13.2 Å². The van der Waals surface area contributed by atoms with Gasteiger partial charge < -0.3 is 5.73 Å². The largest absolute Gasteiger partial charge is 0.367 e. The monoisotopic (exact) mass is 207 g/mol. The quantitative estimate of drug-likeness (QED) is 0.739. The van der Waals surface area contributed by atoms with E-state index in [1.54, 1.807) is 9.36 Å². The molecule has 2 aromatic heterocycles. The number of tetrazole rings is 1.